The molecule has 0 atom stereocenters. The van der Waals surface area contributed by atoms with Gasteiger partial charge in [0.2, 0.25) is 0 Å². The SMILES string of the molecule is CN(C)C=C(C#N)C(=O)Nc1cccc(OC(F)(F)F)c1. The number of carbonyl (C=O) groups excluding carboxylic acids is 1. The number of hydrogen-bond donors (Lipinski definition) is 1. The van der Waals surface area contributed by atoms with E-state index in [1.807, 2.05) is 0 Å². The Balaban J connectivity index is 2.87. The van der Waals surface area contributed by atoms with E-state index in [0.717, 1.165) is 12.1 Å². The molecule has 0 saturated heterocycles. The molecule has 0 saturated carbocycles. The van der Waals surface area contributed by atoms with Gasteiger partial charge in [0.05, 0.1) is 0 Å². The number of nitriles is 1. The van der Waals surface area contributed by atoms with Gasteiger partial charge in [0.1, 0.15) is 17.4 Å². The van der Waals surface area contributed by atoms with Gasteiger partial charge in [-0.1, -0.05) is 6.07 Å². The fourth-order valence-corrected chi connectivity index (χ4v) is 1.37. The number of halogens is 3. The van der Waals surface area contributed by atoms with Crippen LogP contribution in [0.15, 0.2) is 36.0 Å². The molecule has 1 amide bonds. The van der Waals surface area contributed by atoms with Gasteiger partial charge in [0.15, 0.2) is 0 Å². The van der Waals surface area contributed by atoms with E-state index in [4.69, 9.17) is 5.26 Å². The highest BCUT2D eigenvalue weighted by molar-refractivity contribution is 6.06. The second-order valence-electron chi connectivity index (χ2n) is 4.15. The zero-order valence-corrected chi connectivity index (χ0v) is 11.2. The maximum Gasteiger partial charge on any atom is 0.573 e. The lowest BCUT2D eigenvalue weighted by Gasteiger charge is -2.11. The maximum atomic E-state index is 12.1. The first kappa shape index (κ1) is 16.4. The molecule has 5 nitrogen and oxygen atoms in total. The number of ether oxygens (including phenoxy) is 1. The van der Waals surface area contributed by atoms with Crippen LogP contribution in [0.5, 0.6) is 5.75 Å². The first-order valence-corrected chi connectivity index (χ1v) is 5.67. The van der Waals surface area contributed by atoms with Crippen molar-refractivity contribution in [3.05, 3.63) is 36.0 Å². The van der Waals surface area contributed by atoms with Crippen LogP contribution in [0.25, 0.3) is 0 Å². The van der Waals surface area contributed by atoms with Crippen LogP contribution in [-0.4, -0.2) is 31.3 Å². The Bertz CT molecular complexity index is 589. The highest BCUT2D eigenvalue weighted by atomic mass is 19.4. The standard InChI is InChI=1S/C13H12F3N3O2/c1-19(2)8-9(7-17)12(20)18-10-4-3-5-11(6-10)21-13(14,15)16/h3-6,8H,1-2H3,(H,18,20). The molecular formula is C13H12F3N3O2. The van der Waals surface area contributed by atoms with Gasteiger partial charge < -0.3 is 15.0 Å². The van der Waals surface area contributed by atoms with Gasteiger partial charge in [-0.05, 0) is 12.1 Å². The number of hydrogen-bond acceptors (Lipinski definition) is 4. The Labute approximate surface area is 119 Å². The molecule has 0 aliphatic rings. The predicted octanol–water partition coefficient (Wildman–Crippen LogP) is 2.49. The van der Waals surface area contributed by atoms with Gasteiger partial charge in [-0.2, -0.15) is 5.26 Å². The van der Waals surface area contributed by atoms with Gasteiger partial charge in [0, 0.05) is 32.0 Å². The Morgan fingerprint density at radius 2 is 2.10 bits per heavy atom. The molecule has 1 aromatic rings. The molecule has 0 aliphatic heterocycles. The number of alkyl halides is 3. The van der Waals surface area contributed by atoms with Crippen LogP contribution in [0.3, 0.4) is 0 Å². The highest BCUT2D eigenvalue weighted by Crippen LogP contribution is 2.25. The average molecular weight is 299 g/mol. The number of anilines is 1. The van der Waals surface area contributed by atoms with Gasteiger partial charge in [-0.25, -0.2) is 0 Å². The quantitative estimate of drug-likeness (QED) is 0.685. The third-order valence-corrected chi connectivity index (χ3v) is 2.08. The summed E-state index contributed by atoms with van der Waals surface area (Å²) in [5.41, 5.74) is -0.0937. The molecular weight excluding hydrogens is 287 g/mol. The van der Waals surface area contributed by atoms with E-state index in [0.29, 0.717) is 0 Å². The first-order chi connectivity index (χ1) is 9.71. The fraction of sp³-hybridized carbons (Fsp3) is 0.231. The molecule has 0 spiro atoms. The van der Waals surface area contributed by atoms with Gasteiger partial charge in [-0.15, -0.1) is 13.2 Å². The van der Waals surface area contributed by atoms with Crippen molar-refractivity contribution in [1.29, 1.82) is 5.26 Å². The summed E-state index contributed by atoms with van der Waals surface area (Å²) in [4.78, 5) is 13.3. The van der Waals surface area contributed by atoms with Gasteiger partial charge in [-0.3, -0.25) is 4.79 Å². The molecule has 112 valence electrons. The van der Waals surface area contributed by atoms with E-state index in [9.17, 15) is 18.0 Å². The van der Waals surface area contributed by atoms with Crippen LogP contribution < -0.4 is 10.1 Å². The smallest absolute Gasteiger partial charge is 0.406 e. The molecule has 0 fully saturated rings. The van der Waals surface area contributed by atoms with E-state index in [1.54, 1.807) is 20.2 Å². The zero-order chi connectivity index (χ0) is 16.0. The molecule has 21 heavy (non-hydrogen) atoms. The Kier molecular flexibility index (Phi) is 5.18. The Morgan fingerprint density at radius 1 is 1.43 bits per heavy atom. The third kappa shape index (κ3) is 5.86. The van der Waals surface area contributed by atoms with E-state index in [1.165, 1.54) is 23.2 Å². The molecule has 0 heterocycles. The minimum atomic E-state index is -4.81. The monoisotopic (exact) mass is 299 g/mol. The zero-order valence-electron chi connectivity index (χ0n) is 11.2. The Hall–Kier alpha value is -2.69. The second-order valence-corrected chi connectivity index (χ2v) is 4.15. The number of carbonyl (C=O) groups is 1. The molecule has 0 aliphatic carbocycles. The lowest BCUT2D eigenvalue weighted by Crippen LogP contribution is -2.18. The largest absolute Gasteiger partial charge is 0.573 e. The number of amides is 1. The van der Waals surface area contributed by atoms with Crippen molar-refractivity contribution in [3.8, 4) is 11.8 Å². The third-order valence-electron chi connectivity index (χ3n) is 2.08. The van der Waals surface area contributed by atoms with Crippen molar-refractivity contribution in [2.45, 2.75) is 6.36 Å². The Morgan fingerprint density at radius 3 is 2.62 bits per heavy atom. The average Bonchev–Trinajstić information content (AvgIpc) is 2.33. The normalized spacial score (nSPS) is 11.5. The fourth-order valence-electron chi connectivity index (χ4n) is 1.37. The van der Waals surface area contributed by atoms with Crippen molar-refractivity contribution in [3.63, 3.8) is 0 Å². The van der Waals surface area contributed by atoms with Crippen molar-refractivity contribution >= 4 is 11.6 Å². The first-order valence-electron chi connectivity index (χ1n) is 5.67. The number of nitrogens with one attached hydrogen (secondary N) is 1. The van der Waals surface area contributed by atoms with E-state index in [-0.39, 0.29) is 11.3 Å². The van der Waals surface area contributed by atoms with Crippen LogP contribution in [-0.2, 0) is 4.79 Å². The predicted molar refractivity (Wildman–Crippen MR) is 69.1 cm³/mol. The van der Waals surface area contributed by atoms with Gasteiger partial charge in [0.25, 0.3) is 5.91 Å². The van der Waals surface area contributed by atoms with Crippen LogP contribution in [0.1, 0.15) is 0 Å². The molecule has 8 heteroatoms. The van der Waals surface area contributed by atoms with Gasteiger partial charge >= 0.3 is 6.36 Å². The molecule has 1 rings (SSSR count). The number of rotatable bonds is 4. The number of nitrogens with zero attached hydrogens (tertiary/aromatic N) is 2. The summed E-state index contributed by atoms with van der Waals surface area (Å²) in [7, 11) is 3.25. The van der Waals surface area contributed by atoms with E-state index < -0.39 is 18.0 Å². The summed E-state index contributed by atoms with van der Waals surface area (Å²) in [5, 5.41) is 11.2. The summed E-state index contributed by atoms with van der Waals surface area (Å²) in [6.45, 7) is 0. The lowest BCUT2D eigenvalue weighted by molar-refractivity contribution is -0.274. The van der Waals surface area contributed by atoms with Crippen LogP contribution in [0, 0.1) is 11.3 Å². The van der Waals surface area contributed by atoms with Crippen molar-refractivity contribution in [2.75, 3.05) is 19.4 Å². The second kappa shape index (κ2) is 6.65. The molecule has 0 unspecified atom stereocenters. The lowest BCUT2D eigenvalue weighted by atomic mass is 10.2. The summed E-state index contributed by atoms with van der Waals surface area (Å²) < 4.78 is 40.0. The molecule has 1 aromatic carbocycles. The van der Waals surface area contributed by atoms with E-state index in [2.05, 4.69) is 10.1 Å². The van der Waals surface area contributed by atoms with Crippen LogP contribution in [0.2, 0.25) is 0 Å². The summed E-state index contributed by atoms with van der Waals surface area (Å²) >= 11 is 0. The van der Waals surface area contributed by atoms with Crippen molar-refractivity contribution in [2.24, 2.45) is 0 Å². The maximum absolute atomic E-state index is 12.1. The van der Waals surface area contributed by atoms with Crippen LogP contribution >= 0.6 is 0 Å². The molecule has 0 bridgehead atoms. The number of benzene rings is 1. The van der Waals surface area contributed by atoms with E-state index >= 15 is 0 Å². The summed E-state index contributed by atoms with van der Waals surface area (Å²) in [6.07, 6.45) is -3.52. The molecule has 0 aromatic heterocycles. The minimum Gasteiger partial charge on any atom is -0.406 e. The minimum absolute atomic E-state index is 0.0849. The molecule has 0 radical (unpaired) electrons. The highest BCUT2D eigenvalue weighted by Gasteiger charge is 2.31. The summed E-state index contributed by atoms with van der Waals surface area (Å²) in [5.74, 6) is -1.19. The van der Waals surface area contributed by atoms with Crippen LogP contribution in [0.4, 0.5) is 18.9 Å². The summed E-state index contributed by atoms with van der Waals surface area (Å²) in [6, 6.07) is 6.48. The topological polar surface area (TPSA) is 65.4 Å². The molecule has 1 N–H and O–H groups in total. The van der Waals surface area contributed by atoms with Crippen molar-refractivity contribution < 1.29 is 22.7 Å². The van der Waals surface area contributed by atoms with Crippen molar-refractivity contribution in [1.82, 2.24) is 4.90 Å².